The molecular formula is C15H33N3. The van der Waals surface area contributed by atoms with E-state index in [0.717, 1.165) is 12.6 Å². The fourth-order valence-corrected chi connectivity index (χ4v) is 2.79. The van der Waals surface area contributed by atoms with Crippen molar-refractivity contribution < 1.29 is 0 Å². The molecule has 1 unspecified atom stereocenters. The Hall–Kier alpha value is -0.120. The van der Waals surface area contributed by atoms with Crippen molar-refractivity contribution >= 4 is 0 Å². The third kappa shape index (κ3) is 5.25. The van der Waals surface area contributed by atoms with E-state index in [1.54, 1.807) is 0 Å². The third-order valence-electron chi connectivity index (χ3n) is 4.39. The first-order chi connectivity index (χ1) is 8.54. The van der Waals surface area contributed by atoms with Crippen LogP contribution in [0, 0.1) is 0 Å². The molecule has 0 radical (unpaired) electrons. The van der Waals surface area contributed by atoms with Crippen molar-refractivity contribution in [2.45, 2.75) is 65.1 Å². The summed E-state index contributed by atoms with van der Waals surface area (Å²) in [5, 5.41) is 3.52. The van der Waals surface area contributed by atoms with Crippen LogP contribution in [0.1, 0.15) is 47.0 Å². The number of nitrogens with one attached hydrogen (secondary N) is 1. The Kier molecular flexibility index (Phi) is 7.20. The van der Waals surface area contributed by atoms with Gasteiger partial charge in [-0.05, 0) is 59.4 Å². The van der Waals surface area contributed by atoms with Gasteiger partial charge in [-0.25, -0.2) is 0 Å². The van der Waals surface area contributed by atoms with Gasteiger partial charge in [-0.3, -0.25) is 0 Å². The number of hydrogen-bond acceptors (Lipinski definition) is 3. The van der Waals surface area contributed by atoms with Gasteiger partial charge in [0, 0.05) is 18.1 Å². The molecule has 1 aliphatic rings. The lowest BCUT2D eigenvalue weighted by atomic mass is 10.0. The van der Waals surface area contributed by atoms with Gasteiger partial charge in [0.25, 0.3) is 0 Å². The summed E-state index contributed by atoms with van der Waals surface area (Å²) in [6.07, 6.45) is 3.93. The number of likely N-dealkylation sites (tertiary alicyclic amines) is 1. The molecule has 3 nitrogen and oxygen atoms in total. The van der Waals surface area contributed by atoms with Gasteiger partial charge >= 0.3 is 0 Å². The lowest BCUT2D eigenvalue weighted by Crippen LogP contribution is -2.47. The van der Waals surface area contributed by atoms with E-state index in [2.05, 4.69) is 49.9 Å². The van der Waals surface area contributed by atoms with Gasteiger partial charge in [-0.1, -0.05) is 20.8 Å². The van der Waals surface area contributed by atoms with E-state index in [1.807, 2.05) is 0 Å². The van der Waals surface area contributed by atoms with Crippen LogP contribution in [0.3, 0.4) is 0 Å². The standard InChI is InChI=1S/C15H33N3/c1-6-18-11-8-15(9-12-18)17(5)14(4)7-10-16-13(2)3/h13-16H,6-12H2,1-5H3. The van der Waals surface area contributed by atoms with Crippen LogP contribution in [-0.4, -0.2) is 61.2 Å². The molecule has 0 saturated carbocycles. The van der Waals surface area contributed by atoms with E-state index in [-0.39, 0.29) is 0 Å². The molecule has 1 atom stereocenters. The van der Waals surface area contributed by atoms with Crippen molar-refractivity contribution in [2.75, 3.05) is 33.2 Å². The second-order valence-electron chi connectivity index (χ2n) is 6.08. The fourth-order valence-electron chi connectivity index (χ4n) is 2.79. The molecule has 0 aliphatic carbocycles. The molecule has 3 heteroatoms. The number of piperidine rings is 1. The predicted octanol–water partition coefficient (Wildman–Crippen LogP) is 2.18. The van der Waals surface area contributed by atoms with Crippen molar-refractivity contribution in [3.05, 3.63) is 0 Å². The van der Waals surface area contributed by atoms with Gasteiger partial charge in [0.2, 0.25) is 0 Å². The number of hydrogen-bond donors (Lipinski definition) is 1. The minimum absolute atomic E-state index is 0.607. The van der Waals surface area contributed by atoms with E-state index in [9.17, 15) is 0 Å². The molecule has 1 heterocycles. The maximum atomic E-state index is 3.52. The molecule has 108 valence electrons. The Morgan fingerprint density at radius 1 is 1.22 bits per heavy atom. The highest BCUT2D eigenvalue weighted by Crippen LogP contribution is 2.18. The van der Waals surface area contributed by atoms with Crippen LogP contribution in [0.4, 0.5) is 0 Å². The molecule has 1 fully saturated rings. The minimum Gasteiger partial charge on any atom is -0.314 e. The first kappa shape index (κ1) is 15.9. The van der Waals surface area contributed by atoms with Gasteiger partial charge in [-0.15, -0.1) is 0 Å². The SMILES string of the molecule is CCN1CCC(N(C)C(C)CCNC(C)C)CC1. The number of nitrogens with zero attached hydrogens (tertiary/aromatic N) is 2. The predicted molar refractivity (Wildman–Crippen MR) is 80.1 cm³/mol. The summed E-state index contributed by atoms with van der Waals surface area (Å²) in [6.45, 7) is 14.0. The highest BCUT2D eigenvalue weighted by Gasteiger charge is 2.24. The molecule has 0 bridgehead atoms. The quantitative estimate of drug-likeness (QED) is 0.752. The number of rotatable bonds is 7. The average molecular weight is 255 g/mol. The van der Waals surface area contributed by atoms with E-state index in [1.165, 1.54) is 38.9 Å². The Morgan fingerprint density at radius 3 is 2.33 bits per heavy atom. The van der Waals surface area contributed by atoms with E-state index >= 15 is 0 Å². The third-order valence-corrected chi connectivity index (χ3v) is 4.39. The molecule has 1 rings (SSSR count). The van der Waals surface area contributed by atoms with Gasteiger partial charge in [0.1, 0.15) is 0 Å². The van der Waals surface area contributed by atoms with Crippen molar-refractivity contribution in [1.29, 1.82) is 0 Å². The monoisotopic (exact) mass is 255 g/mol. The molecule has 0 aromatic rings. The van der Waals surface area contributed by atoms with Crippen molar-refractivity contribution in [2.24, 2.45) is 0 Å². The fraction of sp³-hybridized carbons (Fsp3) is 1.00. The Labute approximate surface area is 114 Å². The van der Waals surface area contributed by atoms with Crippen LogP contribution in [0.15, 0.2) is 0 Å². The van der Waals surface area contributed by atoms with Crippen molar-refractivity contribution in [3.63, 3.8) is 0 Å². The zero-order valence-corrected chi connectivity index (χ0v) is 13.1. The molecule has 1 N–H and O–H groups in total. The summed E-state index contributed by atoms with van der Waals surface area (Å²) in [4.78, 5) is 5.17. The molecule has 1 aliphatic heterocycles. The second kappa shape index (κ2) is 8.13. The minimum atomic E-state index is 0.607. The summed E-state index contributed by atoms with van der Waals surface area (Å²) in [5.41, 5.74) is 0. The molecule has 18 heavy (non-hydrogen) atoms. The van der Waals surface area contributed by atoms with Gasteiger partial charge in [-0.2, -0.15) is 0 Å². The van der Waals surface area contributed by atoms with Crippen LogP contribution in [-0.2, 0) is 0 Å². The Morgan fingerprint density at radius 2 is 1.83 bits per heavy atom. The first-order valence-electron chi connectivity index (χ1n) is 7.72. The van der Waals surface area contributed by atoms with Crippen LogP contribution < -0.4 is 5.32 Å². The maximum Gasteiger partial charge on any atom is 0.0119 e. The highest BCUT2D eigenvalue weighted by atomic mass is 15.2. The topological polar surface area (TPSA) is 18.5 Å². The van der Waals surface area contributed by atoms with Crippen LogP contribution in [0.25, 0.3) is 0 Å². The van der Waals surface area contributed by atoms with Crippen molar-refractivity contribution in [1.82, 2.24) is 15.1 Å². The zero-order valence-electron chi connectivity index (χ0n) is 13.1. The van der Waals surface area contributed by atoms with E-state index < -0.39 is 0 Å². The molecule has 1 saturated heterocycles. The van der Waals surface area contributed by atoms with Gasteiger partial charge in [0.15, 0.2) is 0 Å². The second-order valence-corrected chi connectivity index (χ2v) is 6.08. The van der Waals surface area contributed by atoms with Crippen molar-refractivity contribution in [3.8, 4) is 0 Å². The Bertz CT molecular complexity index is 210. The molecule has 0 aromatic carbocycles. The molecular weight excluding hydrogens is 222 g/mol. The largest absolute Gasteiger partial charge is 0.314 e. The first-order valence-corrected chi connectivity index (χ1v) is 7.72. The molecule has 0 aromatic heterocycles. The summed E-state index contributed by atoms with van der Waals surface area (Å²) in [6, 6.07) is 2.09. The lowest BCUT2D eigenvalue weighted by molar-refractivity contribution is 0.101. The Balaban J connectivity index is 2.24. The summed E-state index contributed by atoms with van der Waals surface area (Å²) in [5.74, 6) is 0. The lowest BCUT2D eigenvalue weighted by Gasteiger charge is -2.39. The summed E-state index contributed by atoms with van der Waals surface area (Å²) < 4.78 is 0. The maximum absolute atomic E-state index is 3.52. The summed E-state index contributed by atoms with van der Waals surface area (Å²) >= 11 is 0. The van der Waals surface area contributed by atoms with E-state index in [4.69, 9.17) is 0 Å². The average Bonchev–Trinajstić information content (AvgIpc) is 2.37. The highest BCUT2D eigenvalue weighted by molar-refractivity contribution is 4.80. The smallest absolute Gasteiger partial charge is 0.0119 e. The van der Waals surface area contributed by atoms with Gasteiger partial charge < -0.3 is 15.1 Å². The summed E-state index contributed by atoms with van der Waals surface area (Å²) in [7, 11) is 2.31. The molecule has 0 spiro atoms. The van der Waals surface area contributed by atoms with E-state index in [0.29, 0.717) is 12.1 Å². The zero-order chi connectivity index (χ0) is 13.5. The molecule has 0 amide bonds. The van der Waals surface area contributed by atoms with Crippen LogP contribution in [0.2, 0.25) is 0 Å². The van der Waals surface area contributed by atoms with Crippen LogP contribution >= 0.6 is 0 Å². The normalized spacial score (nSPS) is 20.8. The van der Waals surface area contributed by atoms with Gasteiger partial charge in [0.05, 0.1) is 0 Å². The van der Waals surface area contributed by atoms with Crippen LogP contribution in [0.5, 0.6) is 0 Å².